The first-order chi connectivity index (χ1) is 5.95. The summed E-state index contributed by atoms with van der Waals surface area (Å²) in [7, 11) is 0. The maximum absolute atomic E-state index is 2.19. The van der Waals surface area contributed by atoms with Gasteiger partial charge in [-0.15, -0.1) is 47.0 Å². The zero-order valence-electron chi connectivity index (χ0n) is 7.03. The van der Waals surface area contributed by atoms with Gasteiger partial charge < -0.3 is 0 Å². The SMILES string of the molecule is C1CSC(CC2SCCS2)SC1. The van der Waals surface area contributed by atoms with Crippen molar-refractivity contribution in [3.8, 4) is 0 Å². The van der Waals surface area contributed by atoms with Crippen molar-refractivity contribution >= 4 is 47.0 Å². The molecule has 0 nitrogen and oxygen atoms in total. The van der Waals surface area contributed by atoms with Gasteiger partial charge >= 0.3 is 0 Å². The predicted molar refractivity (Wildman–Crippen MR) is 66.6 cm³/mol. The van der Waals surface area contributed by atoms with E-state index < -0.39 is 0 Å². The van der Waals surface area contributed by atoms with Gasteiger partial charge in [-0.1, -0.05) is 0 Å². The topological polar surface area (TPSA) is 0 Å². The van der Waals surface area contributed by atoms with Gasteiger partial charge in [-0.25, -0.2) is 0 Å². The van der Waals surface area contributed by atoms with Crippen LogP contribution < -0.4 is 0 Å². The lowest BCUT2D eigenvalue weighted by Crippen LogP contribution is -2.10. The van der Waals surface area contributed by atoms with Gasteiger partial charge in [0.2, 0.25) is 0 Å². The Balaban J connectivity index is 1.69. The Bertz CT molecular complexity index is 127. The van der Waals surface area contributed by atoms with E-state index in [-0.39, 0.29) is 0 Å². The molecule has 0 saturated carbocycles. The van der Waals surface area contributed by atoms with Crippen molar-refractivity contribution in [1.82, 2.24) is 0 Å². The third kappa shape index (κ3) is 2.96. The molecule has 0 aromatic heterocycles. The Hall–Kier alpha value is 1.40. The summed E-state index contributed by atoms with van der Waals surface area (Å²) in [6.07, 6.45) is 2.86. The standard InChI is InChI=1S/C8H14S4/c1-2-9-7(10-3-1)6-8-11-4-5-12-8/h7-8H,1-6H2. The molecule has 12 heavy (non-hydrogen) atoms. The summed E-state index contributed by atoms with van der Waals surface area (Å²) in [6, 6.07) is 0. The van der Waals surface area contributed by atoms with Crippen molar-refractivity contribution in [3.05, 3.63) is 0 Å². The van der Waals surface area contributed by atoms with Gasteiger partial charge in [-0.05, 0) is 24.3 Å². The quantitative estimate of drug-likeness (QED) is 0.723. The first kappa shape index (κ1) is 9.94. The van der Waals surface area contributed by atoms with Gasteiger partial charge in [0.1, 0.15) is 0 Å². The van der Waals surface area contributed by atoms with Gasteiger partial charge in [0.25, 0.3) is 0 Å². The summed E-state index contributed by atoms with van der Waals surface area (Å²) >= 11 is 8.72. The average molecular weight is 238 g/mol. The minimum atomic E-state index is 0.918. The fraction of sp³-hybridized carbons (Fsp3) is 1.00. The van der Waals surface area contributed by atoms with E-state index >= 15 is 0 Å². The Morgan fingerprint density at radius 1 is 0.750 bits per heavy atom. The van der Waals surface area contributed by atoms with E-state index in [1.807, 2.05) is 0 Å². The molecule has 0 unspecified atom stereocenters. The highest BCUT2D eigenvalue weighted by Gasteiger charge is 2.23. The smallest absolute Gasteiger partial charge is 0.0521 e. The largest absolute Gasteiger partial charge is 0.148 e. The van der Waals surface area contributed by atoms with Gasteiger partial charge in [-0.3, -0.25) is 0 Å². The summed E-state index contributed by atoms with van der Waals surface area (Å²) in [5.41, 5.74) is 0. The van der Waals surface area contributed by atoms with Crippen LogP contribution in [0.4, 0.5) is 0 Å². The highest BCUT2D eigenvalue weighted by atomic mass is 32.2. The van der Waals surface area contributed by atoms with Crippen LogP contribution >= 0.6 is 47.0 Å². The third-order valence-corrected chi connectivity index (χ3v) is 8.05. The van der Waals surface area contributed by atoms with E-state index in [2.05, 4.69) is 47.0 Å². The van der Waals surface area contributed by atoms with Crippen LogP contribution in [0, 0.1) is 0 Å². The summed E-state index contributed by atoms with van der Waals surface area (Å²) < 4.78 is 1.84. The van der Waals surface area contributed by atoms with Crippen LogP contribution in [0.3, 0.4) is 0 Å². The first-order valence-corrected chi connectivity index (χ1v) is 8.61. The molecule has 4 heteroatoms. The lowest BCUT2D eigenvalue weighted by Gasteiger charge is -2.22. The van der Waals surface area contributed by atoms with Crippen LogP contribution in [-0.4, -0.2) is 32.2 Å². The Morgan fingerprint density at radius 3 is 1.83 bits per heavy atom. The summed E-state index contributed by atoms with van der Waals surface area (Å²) in [5.74, 6) is 5.58. The molecule has 70 valence electrons. The van der Waals surface area contributed by atoms with E-state index in [0.717, 1.165) is 9.16 Å². The second-order valence-corrected chi connectivity index (χ2v) is 8.77. The zero-order valence-corrected chi connectivity index (χ0v) is 10.3. The Morgan fingerprint density at radius 2 is 1.25 bits per heavy atom. The van der Waals surface area contributed by atoms with Crippen LogP contribution in [0.25, 0.3) is 0 Å². The summed E-state index contributed by atoms with van der Waals surface area (Å²) in [5, 5.41) is 0. The van der Waals surface area contributed by atoms with Crippen molar-refractivity contribution in [2.45, 2.75) is 22.0 Å². The molecule has 0 atom stereocenters. The normalized spacial score (nSPS) is 28.0. The van der Waals surface area contributed by atoms with Crippen LogP contribution in [0.2, 0.25) is 0 Å². The summed E-state index contributed by atoms with van der Waals surface area (Å²) in [6.45, 7) is 0. The van der Waals surface area contributed by atoms with Crippen LogP contribution in [0.15, 0.2) is 0 Å². The maximum Gasteiger partial charge on any atom is 0.0521 e. The molecule has 0 N–H and O–H groups in total. The van der Waals surface area contributed by atoms with Crippen LogP contribution in [-0.2, 0) is 0 Å². The fourth-order valence-electron chi connectivity index (χ4n) is 1.37. The molecule has 0 bridgehead atoms. The lowest BCUT2D eigenvalue weighted by molar-refractivity contribution is 1.00. The molecule has 2 aliphatic rings. The molecule has 0 spiro atoms. The van der Waals surface area contributed by atoms with Gasteiger partial charge in [0.15, 0.2) is 0 Å². The number of rotatable bonds is 2. The molecule has 2 heterocycles. The number of hydrogen-bond acceptors (Lipinski definition) is 4. The molecule has 2 rings (SSSR count). The maximum atomic E-state index is 2.19. The van der Waals surface area contributed by atoms with E-state index in [1.165, 1.54) is 35.9 Å². The monoisotopic (exact) mass is 238 g/mol. The van der Waals surface area contributed by atoms with E-state index in [0.29, 0.717) is 0 Å². The second kappa shape index (κ2) is 5.32. The molecule has 2 saturated heterocycles. The first-order valence-electron chi connectivity index (χ1n) is 4.41. The minimum absolute atomic E-state index is 0.918. The van der Waals surface area contributed by atoms with Crippen LogP contribution in [0.5, 0.6) is 0 Å². The molecular formula is C8H14S4. The molecule has 2 aliphatic heterocycles. The van der Waals surface area contributed by atoms with Gasteiger partial charge in [0, 0.05) is 11.5 Å². The van der Waals surface area contributed by atoms with Gasteiger partial charge in [-0.2, -0.15) is 0 Å². The van der Waals surface area contributed by atoms with Crippen molar-refractivity contribution in [2.24, 2.45) is 0 Å². The van der Waals surface area contributed by atoms with Crippen molar-refractivity contribution in [3.63, 3.8) is 0 Å². The van der Waals surface area contributed by atoms with E-state index in [9.17, 15) is 0 Å². The van der Waals surface area contributed by atoms with E-state index in [1.54, 1.807) is 0 Å². The predicted octanol–water partition coefficient (Wildman–Crippen LogP) is 3.38. The van der Waals surface area contributed by atoms with Gasteiger partial charge in [0.05, 0.1) is 9.16 Å². The minimum Gasteiger partial charge on any atom is -0.148 e. The molecule has 0 aromatic rings. The highest BCUT2D eigenvalue weighted by molar-refractivity contribution is 8.20. The van der Waals surface area contributed by atoms with Crippen molar-refractivity contribution < 1.29 is 0 Å². The Kier molecular flexibility index (Phi) is 4.41. The molecule has 0 aliphatic carbocycles. The zero-order chi connectivity index (χ0) is 8.23. The van der Waals surface area contributed by atoms with Crippen molar-refractivity contribution in [2.75, 3.05) is 23.0 Å². The van der Waals surface area contributed by atoms with Crippen molar-refractivity contribution in [1.29, 1.82) is 0 Å². The number of thioether (sulfide) groups is 4. The molecule has 2 fully saturated rings. The molecule has 0 amide bonds. The summed E-state index contributed by atoms with van der Waals surface area (Å²) in [4.78, 5) is 0. The lowest BCUT2D eigenvalue weighted by atomic mass is 10.5. The molecule has 0 aromatic carbocycles. The average Bonchev–Trinajstić information content (AvgIpc) is 2.59. The number of hydrogen-bond donors (Lipinski definition) is 0. The second-order valence-electron chi connectivity index (χ2n) is 2.93. The Labute approximate surface area is 91.8 Å². The van der Waals surface area contributed by atoms with E-state index in [4.69, 9.17) is 0 Å². The van der Waals surface area contributed by atoms with Crippen LogP contribution in [0.1, 0.15) is 12.8 Å². The molecular weight excluding hydrogens is 224 g/mol. The fourth-order valence-corrected chi connectivity index (χ4v) is 7.73. The molecule has 0 radical (unpaired) electrons. The highest BCUT2D eigenvalue weighted by Crippen LogP contribution is 2.41. The third-order valence-electron chi connectivity index (χ3n) is 1.97.